The van der Waals surface area contributed by atoms with Crippen molar-refractivity contribution in [1.82, 2.24) is 15.1 Å². The minimum absolute atomic E-state index is 0.245. The molecule has 0 radical (unpaired) electrons. The van der Waals surface area contributed by atoms with Gasteiger partial charge in [-0.3, -0.25) is 9.59 Å². The molecule has 12 nitrogen and oxygen atoms in total. The van der Waals surface area contributed by atoms with E-state index in [2.05, 4.69) is 34.7 Å². The second kappa shape index (κ2) is 12.2. The predicted molar refractivity (Wildman–Crippen MR) is 184 cm³/mol. The van der Waals surface area contributed by atoms with E-state index < -0.39 is 17.2 Å². The van der Waals surface area contributed by atoms with E-state index in [9.17, 15) is 19.2 Å². The Bertz CT molecular complexity index is 1810. The van der Waals surface area contributed by atoms with Crippen LogP contribution in [0.25, 0.3) is 0 Å². The van der Waals surface area contributed by atoms with Crippen molar-refractivity contribution in [2.45, 2.75) is 88.7 Å². The summed E-state index contributed by atoms with van der Waals surface area (Å²) in [6.45, 7) is 10.1. The van der Waals surface area contributed by atoms with Crippen LogP contribution in [0.3, 0.4) is 0 Å². The molecule has 0 saturated carbocycles. The Labute approximate surface area is 296 Å². The van der Waals surface area contributed by atoms with Crippen LogP contribution in [-0.4, -0.2) is 84.4 Å². The largest absolute Gasteiger partial charge is 0.481 e. The quantitative estimate of drug-likeness (QED) is 0.242. The van der Waals surface area contributed by atoms with Crippen molar-refractivity contribution in [3.05, 3.63) is 64.2 Å². The minimum atomic E-state index is -0.626. The van der Waals surface area contributed by atoms with E-state index in [1.54, 1.807) is 17.0 Å². The molecule has 4 heterocycles. The van der Waals surface area contributed by atoms with E-state index in [0.29, 0.717) is 42.1 Å². The van der Waals surface area contributed by atoms with Gasteiger partial charge in [-0.05, 0) is 89.5 Å². The topological polar surface area (TPSA) is 136 Å². The molecule has 3 amide bonds. The van der Waals surface area contributed by atoms with Crippen LogP contribution in [-0.2, 0) is 36.4 Å². The third-order valence-corrected chi connectivity index (χ3v) is 10.9. The molecule has 6 aliphatic rings. The molecule has 13 heteroatoms. The van der Waals surface area contributed by atoms with Crippen molar-refractivity contribution in [1.29, 1.82) is 0 Å². The van der Waals surface area contributed by atoms with Gasteiger partial charge in [-0.2, -0.15) is 0 Å². The number of esters is 2. The average molecular weight is 707 g/mol. The van der Waals surface area contributed by atoms with E-state index >= 15 is 0 Å². The number of nitrogens with zero attached hydrogens (tertiary/aromatic N) is 2. The van der Waals surface area contributed by atoms with Crippen LogP contribution in [0.2, 0.25) is 5.02 Å². The summed E-state index contributed by atoms with van der Waals surface area (Å²) < 4.78 is 22.9. The molecule has 2 aliphatic carbocycles. The number of benzene rings is 2. The monoisotopic (exact) mass is 706 g/mol. The van der Waals surface area contributed by atoms with E-state index in [0.717, 1.165) is 36.2 Å². The third-order valence-electron chi connectivity index (χ3n) is 10.7. The van der Waals surface area contributed by atoms with Gasteiger partial charge in [0.05, 0.1) is 12.1 Å². The van der Waals surface area contributed by atoms with Gasteiger partial charge in [0, 0.05) is 59.6 Å². The summed E-state index contributed by atoms with van der Waals surface area (Å²) in [5, 5.41) is 6.34. The number of carbonyl (C=O) groups is 4. The first kappa shape index (κ1) is 34.2. The smallest absolute Gasteiger partial charge is 0.410 e. The Morgan fingerprint density at radius 3 is 2.54 bits per heavy atom. The number of likely N-dealkylation sites (tertiary alicyclic amines) is 2. The highest BCUT2D eigenvalue weighted by Crippen LogP contribution is 2.62. The molecular formula is C37H43ClN4O8. The summed E-state index contributed by atoms with van der Waals surface area (Å²) in [7, 11) is 2.17. The van der Waals surface area contributed by atoms with Crippen LogP contribution in [0.4, 0.5) is 15.3 Å². The fourth-order valence-electron chi connectivity index (χ4n) is 8.81. The number of amides is 3. The second-order valence-corrected chi connectivity index (χ2v) is 15.5. The van der Waals surface area contributed by atoms with E-state index in [-0.39, 0.29) is 41.5 Å². The number of urea groups is 1. The van der Waals surface area contributed by atoms with Gasteiger partial charge in [-0.1, -0.05) is 23.7 Å². The molecule has 8 rings (SSSR count). The van der Waals surface area contributed by atoms with Gasteiger partial charge in [0.1, 0.15) is 11.7 Å². The molecule has 2 aromatic rings. The lowest BCUT2D eigenvalue weighted by atomic mass is 9.53. The summed E-state index contributed by atoms with van der Waals surface area (Å²) in [6.07, 6.45) is 5.56. The maximum Gasteiger partial charge on any atom is 0.410 e. The molecule has 2 N–H and O–H groups in total. The number of fused-ring (bicyclic) bond motifs is 2. The Morgan fingerprint density at radius 1 is 1.04 bits per heavy atom. The number of piperidine rings is 1. The molecule has 1 unspecified atom stereocenters. The lowest BCUT2D eigenvalue weighted by molar-refractivity contribution is -0.152. The zero-order valence-electron chi connectivity index (χ0n) is 29.1. The average Bonchev–Trinajstić information content (AvgIpc) is 3.60. The van der Waals surface area contributed by atoms with Crippen LogP contribution in [0.5, 0.6) is 11.5 Å². The van der Waals surface area contributed by atoms with Gasteiger partial charge in [-0.15, -0.1) is 0 Å². The predicted octanol–water partition coefficient (Wildman–Crippen LogP) is 5.30. The molecule has 6 atom stereocenters. The number of nitrogens with one attached hydrogen (secondary N) is 2. The van der Waals surface area contributed by atoms with Gasteiger partial charge < -0.3 is 39.4 Å². The number of carbonyl (C=O) groups excluding carboxylic acids is 4. The molecular weight excluding hydrogens is 664 g/mol. The van der Waals surface area contributed by atoms with Crippen molar-refractivity contribution in [2.75, 3.05) is 32.0 Å². The highest BCUT2D eigenvalue weighted by atomic mass is 35.5. The van der Waals surface area contributed by atoms with Crippen molar-refractivity contribution in [3.63, 3.8) is 0 Å². The number of hydrogen-bond acceptors (Lipinski definition) is 9. The van der Waals surface area contributed by atoms with Crippen molar-refractivity contribution in [2.24, 2.45) is 5.92 Å². The van der Waals surface area contributed by atoms with Crippen molar-refractivity contribution in [3.8, 4) is 11.5 Å². The van der Waals surface area contributed by atoms with Crippen molar-refractivity contribution < 1.29 is 38.1 Å². The summed E-state index contributed by atoms with van der Waals surface area (Å²) >= 11 is 6.12. The first-order chi connectivity index (χ1) is 23.6. The molecule has 0 aromatic heterocycles. The standard InChI is InChI=1S/C21H23NO5.C16H20ClN3O3/c1-11(23)25-16-6-4-13-10-15-14-5-7-17(26-12(2)24)20-21(14,8-9-22(15)3)18(13)19(16)27-20;1-15(2,3)23-14(22)20-7-6-16(9-20)11-8-10(17)4-5-12(11)18-13(21)19-16/h4-7,14-15,17,20H,8-10H2,1-3H3;4-5,8H,6-7,9H2,1-3H3,(H2,18,19,21)/t14-,15+,17-,20-,21-;/m0./s1. The first-order valence-electron chi connectivity index (χ1n) is 17.0. The van der Waals surface area contributed by atoms with Gasteiger partial charge >= 0.3 is 24.1 Å². The summed E-state index contributed by atoms with van der Waals surface area (Å²) in [5.74, 6) is 0.712. The molecule has 2 spiro atoms. The van der Waals surface area contributed by atoms with Crippen LogP contribution in [0, 0.1) is 5.92 Å². The maximum absolute atomic E-state index is 12.3. The van der Waals surface area contributed by atoms with Gasteiger partial charge in [-0.25, -0.2) is 9.59 Å². The normalized spacial score (nSPS) is 29.7. The zero-order valence-corrected chi connectivity index (χ0v) is 29.9. The van der Waals surface area contributed by atoms with Crippen LogP contribution < -0.4 is 20.1 Å². The third kappa shape index (κ3) is 5.75. The number of halogens is 1. The Kier molecular flexibility index (Phi) is 8.33. The minimum Gasteiger partial charge on any atom is -0.481 e. The lowest BCUT2D eigenvalue weighted by Gasteiger charge is -2.56. The number of anilines is 1. The van der Waals surface area contributed by atoms with Gasteiger partial charge in [0.15, 0.2) is 17.6 Å². The summed E-state index contributed by atoms with van der Waals surface area (Å²) in [4.78, 5) is 51.6. The number of likely N-dealkylation sites (N-methyl/N-ethyl adjacent to an activating group) is 1. The summed E-state index contributed by atoms with van der Waals surface area (Å²) in [5.41, 5.74) is 2.60. The SMILES string of the molecule is CC(=O)Oc1ccc2c3c1O[C@H]1[C@@H](OC(C)=O)C=C[C@H]4[C@@H](C2)N(C)CC[C@@]341.CC(C)(C)OC(=O)N1CCC2(C1)NC(=O)Nc1ccc(Cl)cc12. The van der Waals surface area contributed by atoms with Crippen molar-refractivity contribution >= 4 is 41.4 Å². The Morgan fingerprint density at radius 2 is 1.82 bits per heavy atom. The second-order valence-electron chi connectivity index (χ2n) is 15.1. The number of hydrogen-bond donors (Lipinski definition) is 2. The maximum atomic E-state index is 12.3. The fourth-order valence-corrected chi connectivity index (χ4v) is 8.98. The molecule has 2 aromatic carbocycles. The van der Waals surface area contributed by atoms with Gasteiger partial charge in [0.25, 0.3) is 0 Å². The lowest BCUT2D eigenvalue weighted by Crippen LogP contribution is -2.65. The van der Waals surface area contributed by atoms with Crippen LogP contribution in [0.1, 0.15) is 64.2 Å². The highest BCUT2D eigenvalue weighted by Gasteiger charge is 2.65. The fraction of sp³-hybridized carbons (Fsp3) is 0.514. The van der Waals surface area contributed by atoms with E-state index in [1.165, 1.54) is 19.4 Å². The van der Waals surface area contributed by atoms with Crippen LogP contribution >= 0.6 is 11.6 Å². The molecule has 50 heavy (non-hydrogen) atoms. The summed E-state index contributed by atoms with van der Waals surface area (Å²) in [6, 6.07) is 9.36. The van der Waals surface area contributed by atoms with Gasteiger partial charge in [0.2, 0.25) is 0 Å². The number of ether oxygens (including phenoxy) is 4. The molecule has 2 bridgehead atoms. The molecule has 2 saturated heterocycles. The van der Waals surface area contributed by atoms with E-state index in [1.807, 2.05) is 39.0 Å². The van der Waals surface area contributed by atoms with Crippen LogP contribution in [0.15, 0.2) is 42.5 Å². The molecule has 2 fully saturated rings. The Balaban J connectivity index is 0.000000159. The molecule has 4 aliphatic heterocycles. The molecule has 266 valence electrons. The van der Waals surface area contributed by atoms with E-state index in [4.69, 9.17) is 30.5 Å². The highest BCUT2D eigenvalue weighted by molar-refractivity contribution is 6.30. The first-order valence-corrected chi connectivity index (χ1v) is 17.4. The zero-order chi connectivity index (χ0) is 35.7. The number of rotatable bonds is 2. The Hall–Kier alpha value is -4.29.